The first-order valence-electron chi connectivity index (χ1n) is 8.73. The van der Waals surface area contributed by atoms with E-state index in [0.717, 1.165) is 38.1 Å². The average molecular weight is 304 g/mol. The molecule has 22 heavy (non-hydrogen) atoms. The number of nitrogens with zero attached hydrogens (tertiary/aromatic N) is 1. The van der Waals surface area contributed by atoms with Crippen molar-refractivity contribution in [2.45, 2.75) is 64.5 Å². The molecule has 4 nitrogen and oxygen atoms in total. The Labute approximate surface area is 133 Å². The van der Waals surface area contributed by atoms with Crippen molar-refractivity contribution in [1.82, 2.24) is 10.2 Å². The zero-order chi connectivity index (χ0) is 15.5. The third-order valence-electron chi connectivity index (χ3n) is 4.92. The van der Waals surface area contributed by atoms with E-state index in [1.54, 1.807) is 0 Å². The first kappa shape index (κ1) is 15.6. The minimum atomic E-state index is 0.322. The van der Waals surface area contributed by atoms with Crippen LogP contribution in [0.15, 0.2) is 16.7 Å². The number of amides is 1. The Morgan fingerprint density at radius 1 is 1.36 bits per heavy atom. The van der Waals surface area contributed by atoms with Gasteiger partial charge in [-0.05, 0) is 37.7 Å². The molecule has 1 aromatic heterocycles. The summed E-state index contributed by atoms with van der Waals surface area (Å²) in [7, 11) is 0. The standard InChI is InChI=1S/C18H28N2O2/c1-13(2)12-18(21)20-9-6-14(7-10-20)19-16-4-3-5-17-15(16)8-11-22-17/h8,11,13-14,16,19H,3-7,9-10,12H2,1-2H3. The van der Waals surface area contributed by atoms with Crippen LogP contribution in [0.2, 0.25) is 0 Å². The molecule has 4 heteroatoms. The van der Waals surface area contributed by atoms with Crippen LogP contribution in [0, 0.1) is 5.92 Å². The summed E-state index contributed by atoms with van der Waals surface area (Å²) >= 11 is 0. The molecule has 1 amide bonds. The maximum absolute atomic E-state index is 12.1. The zero-order valence-electron chi connectivity index (χ0n) is 13.8. The maximum Gasteiger partial charge on any atom is 0.222 e. The van der Waals surface area contributed by atoms with Gasteiger partial charge in [0.1, 0.15) is 5.76 Å². The van der Waals surface area contributed by atoms with Gasteiger partial charge < -0.3 is 14.6 Å². The zero-order valence-corrected chi connectivity index (χ0v) is 13.8. The van der Waals surface area contributed by atoms with Gasteiger partial charge in [0, 0.05) is 43.6 Å². The van der Waals surface area contributed by atoms with E-state index in [4.69, 9.17) is 4.42 Å². The normalized spacial score (nSPS) is 22.9. The van der Waals surface area contributed by atoms with Crippen LogP contribution in [0.5, 0.6) is 0 Å². The second-order valence-electron chi connectivity index (χ2n) is 7.16. The second kappa shape index (κ2) is 6.86. The summed E-state index contributed by atoms with van der Waals surface area (Å²) in [6, 6.07) is 3.08. The number of rotatable bonds is 4. The predicted octanol–water partition coefficient (Wildman–Crippen LogP) is 3.28. The molecule has 3 rings (SSSR count). The Kier molecular flexibility index (Phi) is 4.87. The van der Waals surface area contributed by atoms with Crippen LogP contribution in [-0.2, 0) is 11.2 Å². The summed E-state index contributed by atoms with van der Waals surface area (Å²) in [5, 5.41) is 3.80. The van der Waals surface area contributed by atoms with Crippen molar-refractivity contribution in [3.8, 4) is 0 Å². The molecular formula is C18H28N2O2. The number of carbonyl (C=O) groups excluding carboxylic acids is 1. The highest BCUT2D eigenvalue weighted by Gasteiger charge is 2.28. The molecule has 0 saturated carbocycles. The van der Waals surface area contributed by atoms with Crippen LogP contribution in [0.1, 0.15) is 63.3 Å². The molecule has 1 aliphatic heterocycles. The molecule has 122 valence electrons. The Bertz CT molecular complexity index is 501. The van der Waals surface area contributed by atoms with Crippen molar-refractivity contribution in [1.29, 1.82) is 0 Å². The van der Waals surface area contributed by atoms with Gasteiger partial charge in [-0.1, -0.05) is 13.8 Å². The van der Waals surface area contributed by atoms with Crippen molar-refractivity contribution in [2.24, 2.45) is 5.92 Å². The first-order valence-corrected chi connectivity index (χ1v) is 8.73. The lowest BCUT2D eigenvalue weighted by molar-refractivity contribution is -0.133. The smallest absolute Gasteiger partial charge is 0.222 e. The molecule has 1 saturated heterocycles. The molecule has 0 aromatic carbocycles. The molecule has 0 spiro atoms. The van der Waals surface area contributed by atoms with E-state index in [2.05, 4.69) is 25.2 Å². The molecule has 2 heterocycles. The van der Waals surface area contributed by atoms with Gasteiger partial charge in [-0.15, -0.1) is 0 Å². The maximum atomic E-state index is 12.1. The SMILES string of the molecule is CC(C)CC(=O)N1CCC(NC2CCCc3occc32)CC1. The molecular weight excluding hydrogens is 276 g/mol. The molecule has 1 aromatic rings. The van der Waals surface area contributed by atoms with E-state index in [-0.39, 0.29) is 0 Å². The summed E-state index contributed by atoms with van der Waals surface area (Å²) in [6.07, 6.45) is 8.09. The highest BCUT2D eigenvalue weighted by molar-refractivity contribution is 5.76. The number of hydrogen-bond acceptors (Lipinski definition) is 3. The van der Waals surface area contributed by atoms with Gasteiger partial charge in [-0.2, -0.15) is 0 Å². The van der Waals surface area contributed by atoms with Gasteiger partial charge in [0.2, 0.25) is 5.91 Å². The number of fused-ring (bicyclic) bond motifs is 1. The number of furan rings is 1. The molecule has 1 fully saturated rings. The van der Waals surface area contributed by atoms with Gasteiger partial charge >= 0.3 is 0 Å². The van der Waals surface area contributed by atoms with Crippen molar-refractivity contribution >= 4 is 5.91 Å². The number of nitrogens with one attached hydrogen (secondary N) is 1. The van der Waals surface area contributed by atoms with Crippen LogP contribution in [0.25, 0.3) is 0 Å². The summed E-state index contributed by atoms with van der Waals surface area (Å²) in [5.74, 6) is 1.93. The fraction of sp³-hybridized carbons (Fsp3) is 0.722. The van der Waals surface area contributed by atoms with E-state index in [0.29, 0.717) is 30.3 Å². The quantitative estimate of drug-likeness (QED) is 0.928. The largest absolute Gasteiger partial charge is 0.469 e. The number of piperidine rings is 1. The van der Waals surface area contributed by atoms with Gasteiger partial charge in [-0.25, -0.2) is 0 Å². The van der Waals surface area contributed by atoms with Crippen molar-refractivity contribution < 1.29 is 9.21 Å². The molecule has 1 aliphatic carbocycles. The number of carbonyl (C=O) groups is 1. The molecule has 1 unspecified atom stereocenters. The summed E-state index contributed by atoms with van der Waals surface area (Å²) in [4.78, 5) is 14.2. The lowest BCUT2D eigenvalue weighted by atomic mass is 9.91. The minimum Gasteiger partial charge on any atom is -0.469 e. The monoisotopic (exact) mass is 304 g/mol. The second-order valence-corrected chi connectivity index (χ2v) is 7.16. The topological polar surface area (TPSA) is 45.5 Å². The summed E-state index contributed by atoms with van der Waals surface area (Å²) in [5.41, 5.74) is 1.35. The predicted molar refractivity (Wildman–Crippen MR) is 86.6 cm³/mol. The average Bonchev–Trinajstić information content (AvgIpc) is 2.97. The fourth-order valence-electron chi connectivity index (χ4n) is 3.72. The van der Waals surface area contributed by atoms with E-state index < -0.39 is 0 Å². The Balaban J connectivity index is 1.50. The van der Waals surface area contributed by atoms with Gasteiger partial charge in [0.05, 0.1) is 6.26 Å². The molecule has 1 atom stereocenters. The molecule has 0 radical (unpaired) electrons. The Hall–Kier alpha value is -1.29. The third-order valence-corrected chi connectivity index (χ3v) is 4.92. The highest BCUT2D eigenvalue weighted by atomic mass is 16.3. The molecule has 0 bridgehead atoms. The van der Waals surface area contributed by atoms with Gasteiger partial charge in [0.25, 0.3) is 0 Å². The number of likely N-dealkylation sites (tertiary alicyclic amines) is 1. The van der Waals surface area contributed by atoms with Gasteiger partial charge in [-0.3, -0.25) is 4.79 Å². The van der Waals surface area contributed by atoms with Crippen LogP contribution >= 0.6 is 0 Å². The lowest BCUT2D eigenvalue weighted by Gasteiger charge is -2.35. The summed E-state index contributed by atoms with van der Waals surface area (Å²) in [6.45, 7) is 6.01. The van der Waals surface area contributed by atoms with Crippen molar-refractivity contribution in [2.75, 3.05) is 13.1 Å². The van der Waals surface area contributed by atoms with E-state index >= 15 is 0 Å². The van der Waals surface area contributed by atoms with Crippen LogP contribution < -0.4 is 5.32 Å². The number of aryl methyl sites for hydroxylation is 1. The van der Waals surface area contributed by atoms with Crippen molar-refractivity contribution in [3.63, 3.8) is 0 Å². The van der Waals surface area contributed by atoms with Crippen LogP contribution in [0.4, 0.5) is 0 Å². The lowest BCUT2D eigenvalue weighted by Crippen LogP contribution is -2.46. The third kappa shape index (κ3) is 3.54. The minimum absolute atomic E-state index is 0.322. The van der Waals surface area contributed by atoms with Crippen LogP contribution in [-0.4, -0.2) is 29.9 Å². The van der Waals surface area contributed by atoms with Gasteiger partial charge in [0.15, 0.2) is 0 Å². The first-order chi connectivity index (χ1) is 10.6. The van der Waals surface area contributed by atoms with E-state index in [1.165, 1.54) is 18.4 Å². The molecule has 2 aliphatic rings. The summed E-state index contributed by atoms with van der Waals surface area (Å²) < 4.78 is 5.57. The van der Waals surface area contributed by atoms with E-state index in [1.807, 2.05) is 11.2 Å². The van der Waals surface area contributed by atoms with Crippen molar-refractivity contribution in [3.05, 3.63) is 23.7 Å². The molecule has 1 N–H and O–H groups in total. The fourth-order valence-corrected chi connectivity index (χ4v) is 3.72. The van der Waals surface area contributed by atoms with E-state index in [9.17, 15) is 4.79 Å². The highest BCUT2D eigenvalue weighted by Crippen LogP contribution is 2.31. The van der Waals surface area contributed by atoms with Crippen LogP contribution in [0.3, 0.4) is 0 Å². The Morgan fingerprint density at radius 2 is 2.14 bits per heavy atom. The Morgan fingerprint density at radius 3 is 2.86 bits per heavy atom. The number of hydrogen-bond donors (Lipinski definition) is 1.